The van der Waals surface area contributed by atoms with E-state index in [0.717, 1.165) is 12.4 Å². The predicted octanol–water partition coefficient (Wildman–Crippen LogP) is -1.02. The highest BCUT2D eigenvalue weighted by Crippen LogP contribution is 2.10. The molecule has 1 aliphatic heterocycles. The summed E-state index contributed by atoms with van der Waals surface area (Å²) in [5, 5.41) is 7.74. The lowest BCUT2D eigenvalue weighted by molar-refractivity contribution is -0.133. The molecule has 100 valence electrons. The highest BCUT2D eigenvalue weighted by molar-refractivity contribution is 5.75. The molecule has 8 nitrogen and oxygen atoms in total. The number of amides is 1. The van der Waals surface area contributed by atoms with E-state index in [1.165, 1.54) is 4.68 Å². The summed E-state index contributed by atoms with van der Waals surface area (Å²) in [5.41, 5.74) is 6.14. The average Bonchev–Trinajstić information content (AvgIpc) is 3.05. The fourth-order valence-electron chi connectivity index (χ4n) is 2.13. The zero-order valence-corrected chi connectivity index (χ0v) is 10.4. The van der Waals surface area contributed by atoms with Gasteiger partial charge in [0.2, 0.25) is 5.91 Å². The standard InChI is InChI=1S/C11H15N7O/c12-5-9-6-18(15-14-9)8-11(19)17-4-3-16-2-1-13-10(16)7-17/h1-2,6H,3-5,7-8,12H2. The van der Waals surface area contributed by atoms with Crippen LogP contribution in [0.5, 0.6) is 0 Å². The molecule has 2 N–H and O–H groups in total. The van der Waals surface area contributed by atoms with Crippen LogP contribution in [0.25, 0.3) is 0 Å². The van der Waals surface area contributed by atoms with Crippen LogP contribution in [0.4, 0.5) is 0 Å². The van der Waals surface area contributed by atoms with Crippen LogP contribution in [0.1, 0.15) is 11.5 Å². The Bertz CT molecular complexity index is 587. The van der Waals surface area contributed by atoms with Gasteiger partial charge in [0.05, 0.1) is 18.4 Å². The maximum atomic E-state index is 12.2. The predicted molar refractivity (Wildman–Crippen MR) is 65.6 cm³/mol. The van der Waals surface area contributed by atoms with Crippen LogP contribution >= 0.6 is 0 Å². The van der Waals surface area contributed by atoms with Crippen molar-refractivity contribution in [2.75, 3.05) is 6.54 Å². The summed E-state index contributed by atoms with van der Waals surface area (Å²) in [7, 11) is 0. The molecule has 0 bridgehead atoms. The van der Waals surface area contributed by atoms with Gasteiger partial charge < -0.3 is 15.2 Å². The molecule has 1 amide bonds. The average molecular weight is 261 g/mol. The Morgan fingerprint density at radius 3 is 3.11 bits per heavy atom. The summed E-state index contributed by atoms with van der Waals surface area (Å²) < 4.78 is 3.58. The largest absolute Gasteiger partial charge is 0.332 e. The molecule has 0 saturated carbocycles. The maximum Gasteiger partial charge on any atom is 0.244 e. The minimum Gasteiger partial charge on any atom is -0.332 e. The molecule has 0 aliphatic carbocycles. The minimum absolute atomic E-state index is 0.0164. The Kier molecular flexibility index (Phi) is 3.00. The third kappa shape index (κ3) is 2.34. The summed E-state index contributed by atoms with van der Waals surface area (Å²) in [6.45, 7) is 2.54. The summed E-state index contributed by atoms with van der Waals surface area (Å²) >= 11 is 0. The first-order valence-corrected chi connectivity index (χ1v) is 6.13. The summed E-state index contributed by atoms with van der Waals surface area (Å²) in [6, 6.07) is 0. The smallest absolute Gasteiger partial charge is 0.244 e. The molecule has 2 aromatic heterocycles. The second kappa shape index (κ2) is 4.81. The van der Waals surface area contributed by atoms with Crippen LogP contribution in [0.2, 0.25) is 0 Å². The van der Waals surface area contributed by atoms with Gasteiger partial charge in [-0.15, -0.1) is 5.10 Å². The molecule has 0 atom stereocenters. The van der Waals surface area contributed by atoms with Gasteiger partial charge in [0, 0.05) is 32.0 Å². The van der Waals surface area contributed by atoms with Crippen molar-refractivity contribution in [3.63, 3.8) is 0 Å². The normalized spacial score (nSPS) is 14.5. The molecule has 8 heteroatoms. The van der Waals surface area contributed by atoms with Gasteiger partial charge in [0.25, 0.3) is 0 Å². The van der Waals surface area contributed by atoms with E-state index in [2.05, 4.69) is 19.9 Å². The van der Waals surface area contributed by atoms with E-state index in [9.17, 15) is 4.79 Å². The van der Waals surface area contributed by atoms with Gasteiger partial charge in [-0.1, -0.05) is 5.21 Å². The second-order valence-corrected chi connectivity index (χ2v) is 4.46. The van der Waals surface area contributed by atoms with Gasteiger partial charge in [-0.05, 0) is 0 Å². The summed E-state index contributed by atoms with van der Waals surface area (Å²) in [6.07, 6.45) is 5.39. The van der Waals surface area contributed by atoms with Crippen LogP contribution in [0.15, 0.2) is 18.6 Å². The van der Waals surface area contributed by atoms with Gasteiger partial charge in [0.1, 0.15) is 12.4 Å². The first-order chi connectivity index (χ1) is 9.26. The number of fused-ring (bicyclic) bond motifs is 1. The lowest BCUT2D eigenvalue weighted by atomic mass is 10.3. The molecule has 0 fully saturated rings. The molecule has 3 heterocycles. The third-order valence-corrected chi connectivity index (χ3v) is 3.19. The SMILES string of the molecule is NCc1cn(CC(=O)N2CCn3ccnc3C2)nn1. The van der Waals surface area contributed by atoms with E-state index in [1.54, 1.807) is 17.3 Å². The van der Waals surface area contributed by atoms with E-state index in [-0.39, 0.29) is 12.5 Å². The monoisotopic (exact) mass is 261 g/mol. The van der Waals surface area contributed by atoms with E-state index >= 15 is 0 Å². The number of carbonyl (C=O) groups excluding carboxylic acids is 1. The van der Waals surface area contributed by atoms with Gasteiger partial charge in [0.15, 0.2) is 0 Å². The zero-order chi connectivity index (χ0) is 13.2. The fourth-order valence-corrected chi connectivity index (χ4v) is 2.13. The van der Waals surface area contributed by atoms with Crippen molar-refractivity contribution in [3.05, 3.63) is 30.1 Å². The number of hydrogen-bond acceptors (Lipinski definition) is 5. The molecule has 0 spiro atoms. The van der Waals surface area contributed by atoms with Crippen molar-refractivity contribution in [2.45, 2.75) is 26.2 Å². The van der Waals surface area contributed by atoms with E-state index in [1.807, 2.05) is 6.20 Å². The number of imidazole rings is 1. The quantitative estimate of drug-likeness (QED) is 0.762. The van der Waals surface area contributed by atoms with E-state index < -0.39 is 0 Å². The lowest BCUT2D eigenvalue weighted by Gasteiger charge is -2.27. The van der Waals surface area contributed by atoms with Crippen molar-refractivity contribution < 1.29 is 4.79 Å². The van der Waals surface area contributed by atoms with Gasteiger partial charge in [-0.2, -0.15) is 0 Å². The van der Waals surface area contributed by atoms with Gasteiger partial charge in [-0.25, -0.2) is 9.67 Å². The van der Waals surface area contributed by atoms with E-state index in [0.29, 0.717) is 25.3 Å². The van der Waals surface area contributed by atoms with Crippen LogP contribution in [0.3, 0.4) is 0 Å². The van der Waals surface area contributed by atoms with Crippen LogP contribution in [0, 0.1) is 0 Å². The Morgan fingerprint density at radius 2 is 2.32 bits per heavy atom. The summed E-state index contributed by atoms with van der Waals surface area (Å²) in [4.78, 5) is 18.2. The van der Waals surface area contributed by atoms with Crippen molar-refractivity contribution in [2.24, 2.45) is 5.73 Å². The number of aromatic nitrogens is 5. The molecule has 2 aromatic rings. The molecule has 0 aromatic carbocycles. The fraction of sp³-hybridized carbons (Fsp3) is 0.455. The molecule has 3 rings (SSSR count). The van der Waals surface area contributed by atoms with Gasteiger partial charge in [-0.3, -0.25) is 4.79 Å². The van der Waals surface area contributed by atoms with E-state index in [4.69, 9.17) is 5.73 Å². The Hall–Kier alpha value is -2.22. The lowest BCUT2D eigenvalue weighted by Crippen LogP contribution is -2.40. The van der Waals surface area contributed by atoms with Crippen molar-refractivity contribution in [1.29, 1.82) is 0 Å². The van der Waals surface area contributed by atoms with Crippen LogP contribution in [-0.2, 0) is 31.0 Å². The molecular formula is C11H15N7O. The van der Waals surface area contributed by atoms with Crippen LogP contribution < -0.4 is 5.73 Å². The van der Waals surface area contributed by atoms with Gasteiger partial charge >= 0.3 is 0 Å². The van der Waals surface area contributed by atoms with Crippen molar-refractivity contribution >= 4 is 5.91 Å². The number of nitrogens with zero attached hydrogens (tertiary/aromatic N) is 6. The maximum absolute atomic E-state index is 12.2. The molecule has 0 unspecified atom stereocenters. The number of hydrogen-bond donors (Lipinski definition) is 1. The van der Waals surface area contributed by atoms with Crippen molar-refractivity contribution in [1.82, 2.24) is 29.4 Å². The first-order valence-electron chi connectivity index (χ1n) is 6.13. The zero-order valence-electron chi connectivity index (χ0n) is 10.4. The number of nitrogens with two attached hydrogens (primary N) is 1. The molecule has 19 heavy (non-hydrogen) atoms. The topological polar surface area (TPSA) is 94.9 Å². The Morgan fingerprint density at radius 1 is 1.42 bits per heavy atom. The third-order valence-electron chi connectivity index (χ3n) is 3.19. The molecular weight excluding hydrogens is 246 g/mol. The Labute approximate surface area is 109 Å². The molecule has 0 saturated heterocycles. The highest BCUT2D eigenvalue weighted by Gasteiger charge is 2.21. The highest BCUT2D eigenvalue weighted by atomic mass is 16.2. The minimum atomic E-state index is 0.0164. The Balaban J connectivity index is 1.65. The second-order valence-electron chi connectivity index (χ2n) is 4.46. The molecule has 1 aliphatic rings. The number of rotatable bonds is 3. The molecule has 0 radical (unpaired) electrons. The number of carbonyl (C=O) groups is 1. The van der Waals surface area contributed by atoms with Crippen LogP contribution in [-0.4, -0.2) is 41.9 Å². The van der Waals surface area contributed by atoms with Crippen molar-refractivity contribution in [3.8, 4) is 0 Å². The first kappa shape index (κ1) is 11.8. The summed E-state index contributed by atoms with van der Waals surface area (Å²) in [5.74, 6) is 0.934.